The summed E-state index contributed by atoms with van der Waals surface area (Å²) in [4.78, 5) is 10.8. The van der Waals surface area contributed by atoms with Crippen molar-refractivity contribution in [3.63, 3.8) is 0 Å². The summed E-state index contributed by atoms with van der Waals surface area (Å²) in [6, 6.07) is 0. The zero-order valence-corrected chi connectivity index (χ0v) is 7.68. The molecule has 0 aliphatic heterocycles. The molecule has 0 saturated carbocycles. The summed E-state index contributed by atoms with van der Waals surface area (Å²) >= 11 is 0. The smallest absolute Gasteiger partial charge is 0.391 e. The molecule has 11 heavy (non-hydrogen) atoms. The Labute approximate surface area is 67.1 Å². The predicted molar refractivity (Wildman–Crippen MR) is 41.8 cm³/mol. The topological polar surface area (TPSA) is 44.8 Å². The van der Waals surface area contributed by atoms with E-state index in [1.54, 1.807) is 6.92 Å². The number of hydrogen-bond acceptors (Lipinski definition) is 4. The Morgan fingerprint density at radius 2 is 1.82 bits per heavy atom. The van der Waals surface area contributed by atoms with Crippen molar-refractivity contribution in [1.82, 2.24) is 0 Å². The second kappa shape index (κ2) is 5.24. The summed E-state index contributed by atoms with van der Waals surface area (Å²) in [7, 11) is 1.27. The highest BCUT2D eigenvalue weighted by Crippen LogP contribution is 2.37. The van der Waals surface area contributed by atoms with Gasteiger partial charge in [0, 0.05) is 19.8 Å². The van der Waals surface area contributed by atoms with E-state index in [0.717, 1.165) is 0 Å². The van der Waals surface area contributed by atoms with Gasteiger partial charge in [-0.15, -0.1) is 0 Å². The lowest BCUT2D eigenvalue weighted by Crippen LogP contribution is -2.02. The minimum atomic E-state index is -1.54. The first-order chi connectivity index (χ1) is 5.11. The number of hydrogen-bond donors (Lipinski definition) is 0. The average Bonchev–Trinajstić information content (AvgIpc) is 1.99. The molecule has 0 spiro atoms. The summed E-state index contributed by atoms with van der Waals surface area (Å²) in [6.07, 6.45) is 0. The van der Waals surface area contributed by atoms with Crippen LogP contribution in [0.25, 0.3) is 0 Å². The second-order valence-corrected chi connectivity index (χ2v) is 3.11. The van der Waals surface area contributed by atoms with Gasteiger partial charge in [0.05, 0.1) is 0 Å². The predicted octanol–water partition coefficient (Wildman–Crippen LogP) is 1.63. The van der Waals surface area contributed by atoms with E-state index in [9.17, 15) is 4.79 Å². The van der Waals surface area contributed by atoms with E-state index in [-0.39, 0.29) is 0 Å². The molecule has 0 unspecified atom stereocenters. The van der Waals surface area contributed by atoms with Crippen LogP contribution in [0.4, 0.5) is 0 Å². The van der Waals surface area contributed by atoms with Crippen molar-refractivity contribution in [3.05, 3.63) is 12.2 Å². The highest BCUT2D eigenvalue weighted by molar-refractivity contribution is 7.42. The van der Waals surface area contributed by atoms with Crippen molar-refractivity contribution in [1.29, 1.82) is 0 Å². The van der Waals surface area contributed by atoms with Gasteiger partial charge < -0.3 is 13.6 Å². The highest BCUT2D eigenvalue weighted by Gasteiger charge is 2.14. The van der Waals surface area contributed by atoms with Gasteiger partial charge in [0.15, 0.2) is 0 Å². The minimum absolute atomic E-state index is 0.326. The fourth-order valence-corrected chi connectivity index (χ4v) is 0.884. The summed E-state index contributed by atoms with van der Waals surface area (Å²) < 4.78 is 14.0. The molecule has 0 atom stereocenters. The monoisotopic (exact) mass is 178 g/mol. The fraction of sp³-hybridized carbons (Fsp3) is 0.500. The van der Waals surface area contributed by atoms with Crippen molar-refractivity contribution >= 4 is 14.6 Å². The maximum atomic E-state index is 10.8. The average molecular weight is 178 g/mol. The SMILES string of the molecule is C=C(C)C(=O)OP(OC)OC. The van der Waals surface area contributed by atoms with Crippen LogP contribution in [0.3, 0.4) is 0 Å². The maximum Gasteiger partial charge on any atom is 0.399 e. The number of carbonyl (C=O) groups is 1. The van der Waals surface area contributed by atoms with Gasteiger partial charge in [0.2, 0.25) is 0 Å². The third-order valence-corrected chi connectivity index (χ3v) is 1.72. The Bertz CT molecular complexity index is 153. The molecule has 0 N–H and O–H groups in total. The molecule has 0 bridgehead atoms. The molecule has 0 aromatic rings. The van der Waals surface area contributed by atoms with Gasteiger partial charge in [-0.25, -0.2) is 4.79 Å². The number of rotatable bonds is 4. The van der Waals surface area contributed by atoms with Gasteiger partial charge in [-0.05, 0) is 6.92 Å². The molecule has 0 aliphatic rings. The van der Waals surface area contributed by atoms with Crippen LogP contribution < -0.4 is 0 Å². The van der Waals surface area contributed by atoms with E-state index in [0.29, 0.717) is 5.57 Å². The Hall–Kier alpha value is -0.440. The van der Waals surface area contributed by atoms with Crippen LogP contribution in [0, 0.1) is 0 Å². The van der Waals surface area contributed by atoms with Gasteiger partial charge >= 0.3 is 14.6 Å². The first-order valence-electron chi connectivity index (χ1n) is 2.88. The minimum Gasteiger partial charge on any atom is -0.391 e. The van der Waals surface area contributed by atoms with Gasteiger partial charge in [-0.3, -0.25) is 0 Å². The van der Waals surface area contributed by atoms with E-state index >= 15 is 0 Å². The van der Waals surface area contributed by atoms with Gasteiger partial charge in [-0.2, -0.15) is 0 Å². The molecule has 0 heterocycles. The zero-order chi connectivity index (χ0) is 8.85. The summed E-state index contributed by atoms with van der Waals surface area (Å²) in [5.74, 6) is -0.500. The summed E-state index contributed by atoms with van der Waals surface area (Å²) in [6.45, 7) is 4.96. The van der Waals surface area contributed by atoms with E-state index in [1.807, 2.05) is 0 Å². The van der Waals surface area contributed by atoms with Crippen LogP contribution in [0.2, 0.25) is 0 Å². The molecule has 0 amide bonds. The standard InChI is InChI=1S/C6H11O4P/c1-5(2)6(7)10-11(8-3)9-4/h1H2,2-4H3. The lowest BCUT2D eigenvalue weighted by Gasteiger charge is -2.10. The van der Waals surface area contributed by atoms with E-state index in [4.69, 9.17) is 4.52 Å². The van der Waals surface area contributed by atoms with Gasteiger partial charge in [0.1, 0.15) is 0 Å². The maximum absolute atomic E-state index is 10.8. The van der Waals surface area contributed by atoms with Crippen LogP contribution in [0.1, 0.15) is 6.92 Å². The van der Waals surface area contributed by atoms with Crippen LogP contribution in [0.5, 0.6) is 0 Å². The highest BCUT2D eigenvalue weighted by atomic mass is 31.2. The van der Waals surface area contributed by atoms with Crippen LogP contribution in [-0.2, 0) is 18.4 Å². The largest absolute Gasteiger partial charge is 0.399 e. The van der Waals surface area contributed by atoms with Crippen LogP contribution in [0.15, 0.2) is 12.2 Å². The lowest BCUT2D eigenvalue weighted by atomic mass is 10.4. The molecule has 0 fully saturated rings. The van der Waals surface area contributed by atoms with Gasteiger partial charge in [-0.1, -0.05) is 6.58 Å². The molecule has 0 aromatic heterocycles. The molecule has 5 heteroatoms. The van der Waals surface area contributed by atoms with Crippen LogP contribution in [-0.4, -0.2) is 20.2 Å². The van der Waals surface area contributed by atoms with Crippen molar-refractivity contribution < 1.29 is 18.4 Å². The molecule has 0 aliphatic carbocycles. The first-order valence-corrected chi connectivity index (χ1v) is 3.97. The second-order valence-electron chi connectivity index (χ2n) is 1.75. The quantitative estimate of drug-likeness (QED) is 0.484. The van der Waals surface area contributed by atoms with E-state index < -0.39 is 14.6 Å². The summed E-state index contributed by atoms with van der Waals surface area (Å²) in [5, 5.41) is 0. The zero-order valence-electron chi connectivity index (χ0n) is 6.79. The third kappa shape index (κ3) is 4.09. The molecule has 64 valence electrons. The Balaban J connectivity index is 3.81. The van der Waals surface area contributed by atoms with Crippen molar-refractivity contribution in [2.75, 3.05) is 14.2 Å². The first kappa shape index (κ1) is 10.6. The Morgan fingerprint density at radius 1 is 1.36 bits per heavy atom. The molecule has 0 rings (SSSR count). The molecular weight excluding hydrogens is 167 g/mol. The van der Waals surface area contributed by atoms with Crippen molar-refractivity contribution in [2.45, 2.75) is 6.92 Å². The number of carbonyl (C=O) groups excluding carboxylic acids is 1. The van der Waals surface area contributed by atoms with Crippen molar-refractivity contribution in [2.24, 2.45) is 0 Å². The van der Waals surface area contributed by atoms with E-state index in [1.165, 1.54) is 14.2 Å². The molecule has 0 aromatic carbocycles. The molecule has 0 radical (unpaired) electrons. The van der Waals surface area contributed by atoms with Crippen molar-refractivity contribution in [3.8, 4) is 0 Å². The van der Waals surface area contributed by atoms with E-state index in [2.05, 4.69) is 15.6 Å². The molecular formula is C6H11O4P. The molecule has 0 saturated heterocycles. The Kier molecular flexibility index (Phi) is 5.03. The normalized spacial score (nSPS) is 9.82. The lowest BCUT2D eigenvalue weighted by molar-refractivity contribution is -0.130. The van der Waals surface area contributed by atoms with Gasteiger partial charge in [0.25, 0.3) is 0 Å². The third-order valence-electron chi connectivity index (χ3n) is 0.804. The summed E-state index contributed by atoms with van der Waals surface area (Å²) in [5.41, 5.74) is 0.326. The fourth-order valence-electron chi connectivity index (χ4n) is 0.295. The molecule has 4 nitrogen and oxygen atoms in total. The Morgan fingerprint density at radius 3 is 2.09 bits per heavy atom. The van der Waals surface area contributed by atoms with Crippen LogP contribution >= 0.6 is 8.60 Å².